The molecule has 0 spiro atoms. The average Bonchev–Trinajstić information content (AvgIpc) is 2.64. The minimum atomic E-state index is -0.150. The number of hydrogen-bond donors (Lipinski definition) is 2. The zero-order chi connectivity index (χ0) is 19.2. The third kappa shape index (κ3) is 5.07. The van der Waals surface area contributed by atoms with E-state index in [4.69, 9.17) is 4.74 Å². The number of nitrogens with one attached hydrogen (secondary N) is 2. The smallest absolute Gasteiger partial charge is 0.255 e. The van der Waals surface area contributed by atoms with E-state index in [2.05, 4.69) is 29.5 Å². The lowest BCUT2D eigenvalue weighted by molar-refractivity contribution is 0.102. The highest BCUT2D eigenvalue weighted by molar-refractivity contribution is 6.04. The Kier molecular flexibility index (Phi) is 5.71. The monoisotopic (exact) mass is 361 g/mol. The molecule has 0 bridgehead atoms. The SMILES string of the molecule is Cc1cc(NC(=O)c2cccc(NC(C)C)c2)ccc1Oc1cccnc1. The van der Waals surface area contributed by atoms with E-state index in [9.17, 15) is 4.79 Å². The zero-order valence-corrected chi connectivity index (χ0v) is 15.7. The molecular weight excluding hydrogens is 338 g/mol. The molecule has 0 atom stereocenters. The van der Waals surface area contributed by atoms with Crippen molar-refractivity contribution >= 4 is 17.3 Å². The highest BCUT2D eigenvalue weighted by atomic mass is 16.5. The minimum Gasteiger partial charge on any atom is -0.455 e. The Labute approximate surface area is 159 Å². The van der Waals surface area contributed by atoms with Gasteiger partial charge in [0.05, 0.1) is 6.20 Å². The Balaban J connectivity index is 1.70. The normalized spacial score (nSPS) is 10.5. The first kappa shape index (κ1) is 18.5. The van der Waals surface area contributed by atoms with Crippen LogP contribution in [0.15, 0.2) is 67.0 Å². The molecule has 1 heterocycles. The Morgan fingerprint density at radius 3 is 2.59 bits per heavy atom. The fourth-order valence-electron chi connectivity index (χ4n) is 2.66. The summed E-state index contributed by atoms with van der Waals surface area (Å²) in [6.07, 6.45) is 3.36. The highest BCUT2D eigenvalue weighted by Crippen LogP contribution is 2.27. The van der Waals surface area contributed by atoms with Crippen molar-refractivity contribution in [3.63, 3.8) is 0 Å². The predicted octanol–water partition coefficient (Wildman–Crippen LogP) is 5.25. The lowest BCUT2D eigenvalue weighted by Gasteiger charge is -2.13. The number of carbonyl (C=O) groups excluding carboxylic acids is 1. The Hall–Kier alpha value is -3.34. The third-order valence-electron chi connectivity index (χ3n) is 3.88. The van der Waals surface area contributed by atoms with Crippen LogP contribution in [-0.2, 0) is 0 Å². The minimum absolute atomic E-state index is 0.150. The summed E-state index contributed by atoms with van der Waals surface area (Å²) in [6, 6.07) is 17.0. The summed E-state index contributed by atoms with van der Waals surface area (Å²) in [4.78, 5) is 16.6. The Morgan fingerprint density at radius 1 is 1.04 bits per heavy atom. The largest absolute Gasteiger partial charge is 0.455 e. The molecule has 0 unspecified atom stereocenters. The van der Waals surface area contributed by atoms with Gasteiger partial charge in [0.2, 0.25) is 0 Å². The first-order valence-electron chi connectivity index (χ1n) is 8.88. The molecular formula is C22H23N3O2. The number of benzene rings is 2. The number of anilines is 2. The van der Waals surface area contributed by atoms with E-state index in [1.807, 2.05) is 55.5 Å². The first-order valence-corrected chi connectivity index (χ1v) is 8.88. The van der Waals surface area contributed by atoms with Gasteiger partial charge in [0.1, 0.15) is 11.5 Å². The van der Waals surface area contributed by atoms with Crippen LogP contribution in [0.2, 0.25) is 0 Å². The highest BCUT2D eigenvalue weighted by Gasteiger charge is 2.09. The molecule has 27 heavy (non-hydrogen) atoms. The second-order valence-corrected chi connectivity index (χ2v) is 6.61. The van der Waals surface area contributed by atoms with E-state index in [1.54, 1.807) is 18.5 Å². The topological polar surface area (TPSA) is 63.2 Å². The number of amides is 1. The number of pyridine rings is 1. The molecule has 1 amide bonds. The van der Waals surface area contributed by atoms with Gasteiger partial charge in [-0.1, -0.05) is 6.07 Å². The fourth-order valence-corrected chi connectivity index (χ4v) is 2.66. The van der Waals surface area contributed by atoms with Crippen LogP contribution in [0.4, 0.5) is 11.4 Å². The molecule has 0 saturated carbocycles. The van der Waals surface area contributed by atoms with Gasteiger partial charge in [-0.05, 0) is 74.9 Å². The molecule has 3 rings (SSSR count). The van der Waals surface area contributed by atoms with E-state index >= 15 is 0 Å². The third-order valence-corrected chi connectivity index (χ3v) is 3.88. The van der Waals surface area contributed by atoms with Gasteiger partial charge in [-0.3, -0.25) is 9.78 Å². The lowest BCUT2D eigenvalue weighted by atomic mass is 10.1. The van der Waals surface area contributed by atoms with Gasteiger partial charge >= 0.3 is 0 Å². The molecule has 5 heteroatoms. The number of carbonyl (C=O) groups is 1. The van der Waals surface area contributed by atoms with E-state index in [0.29, 0.717) is 17.4 Å². The number of hydrogen-bond acceptors (Lipinski definition) is 4. The van der Waals surface area contributed by atoms with Crippen molar-refractivity contribution in [2.24, 2.45) is 0 Å². The van der Waals surface area contributed by atoms with E-state index in [-0.39, 0.29) is 5.91 Å². The number of rotatable bonds is 6. The van der Waals surface area contributed by atoms with Crippen molar-refractivity contribution in [2.75, 3.05) is 10.6 Å². The predicted molar refractivity (Wildman–Crippen MR) is 109 cm³/mol. The summed E-state index contributed by atoms with van der Waals surface area (Å²) in [5, 5.41) is 6.24. The summed E-state index contributed by atoms with van der Waals surface area (Å²) in [5.41, 5.74) is 3.17. The van der Waals surface area contributed by atoms with Gasteiger partial charge in [0.25, 0.3) is 5.91 Å². The van der Waals surface area contributed by atoms with Gasteiger partial charge < -0.3 is 15.4 Å². The van der Waals surface area contributed by atoms with Gasteiger partial charge in [0.15, 0.2) is 0 Å². The standard InChI is InChI=1S/C22H23N3O2/c1-15(2)24-18-7-4-6-17(13-18)22(26)25-19-9-10-21(16(3)12-19)27-20-8-5-11-23-14-20/h4-15,24H,1-3H3,(H,25,26). The molecule has 2 aromatic carbocycles. The maximum absolute atomic E-state index is 12.6. The number of aryl methyl sites for hydroxylation is 1. The molecule has 0 aliphatic heterocycles. The zero-order valence-electron chi connectivity index (χ0n) is 15.7. The van der Waals surface area contributed by atoms with Crippen molar-refractivity contribution < 1.29 is 9.53 Å². The molecule has 0 saturated heterocycles. The average molecular weight is 361 g/mol. The van der Waals surface area contributed by atoms with Gasteiger partial charge in [-0.25, -0.2) is 0 Å². The van der Waals surface area contributed by atoms with Crippen molar-refractivity contribution in [2.45, 2.75) is 26.8 Å². The van der Waals surface area contributed by atoms with Crippen LogP contribution >= 0.6 is 0 Å². The second-order valence-electron chi connectivity index (χ2n) is 6.61. The number of ether oxygens (including phenoxy) is 1. The van der Waals surface area contributed by atoms with Crippen molar-refractivity contribution in [1.82, 2.24) is 4.98 Å². The van der Waals surface area contributed by atoms with Crippen LogP contribution in [0.5, 0.6) is 11.5 Å². The van der Waals surface area contributed by atoms with Crippen LogP contribution in [0, 0.1) is 6.92 Å². The molecule has 138 valence electrons. The molecule has 1 aromatic heterocycles. The van der Waals surface area contributed by atoms with E-state index in [1.165, 1.54) is 0 Å². The summed E-state index contributed by atoms with van der Waals surface area (Å²) < 4.78 is 5.82. The Morgan fingerprint density at radius 2 is 1.89 bits per heavy atom. The fraction of sp³-hybridized carbons (Fsp3) is 0.182. The number of aromatic nitrogens is 1. The molecule has 0 fully saturated rings. The second kappa shape index (κ2) is 8.36. The molecule has 0 aliphatic carbocycles. The molecule has 2 N–H and O–H groups in total. The summed E-state index contributed by atoms with van der Waals surface area (Å²) >= 11 is 0. The maximum Gasteiger partial charge on any atom is 0.255 e. The van der Waals surface area contributed by atoms with E-state index < -0.39 is 0 Å². The lowest BCUT2D eigenvalue weighted by Crippen LogP contribution is -2.14. The molecule has 5 nitrogen and oxygen atoms in total. The Bertz CT molecular complexity index is 924. The van der Waals surface area contributed by atoms with Crippen molar-refractivity contribution in [1.29, 1.82) is 0 Å². The van der Waals surface area contributed by atoms with Crippen LogP contribution in [0.25, 0.3) is 0 Å². The quantitative estimate of drug-likeness (QED) is 0.629. The van der Waals surface area contributed by atoms with Crippen LogP contribution in [-0.4, -0.2) is 16.9 Å². The molecule has 3 aromatic rings. The molecule has 0 radical (unpaired) electrons. The van der Waals surface area contributed by atoms with Crippen LogP contribution < -0.4 is 15.4 Å². The van der Waals surface area contributed by atoms with Gasteiger partial charge in [-0.2, -0.15) is 0 Å². The van der Waals surface area contributed by atoms with Gasteiger partial charge in [-0.15, -0.1) is 0 Å². The summed E-state index contributed by atoms with van der Waals surface area (Å²) in [7, 11) is 0. The van der Waals surface area contributed by atoms with Crippen LogP contribution in [0.1, 0.15) is 29.8 Å². The van der Waals surface area contributed by atoms with Crippen LogP contribution in [0.3, 0.4) is 0 Å². The summed E-state index contributed by atoms with van der Waals surface area (Å²) in [5.74, 6) is 1.25. The van der Waals surface area contributed by atoms with Crippen molar-refractivity contribution in [3.05, 3.63) is 78.1 Å². The van der Waals surface area contributed by atoms with E-state index in [0.717, 1.165) is 22.7 Å². The number of nitrogens with zero attached hydrogens (tertiary/aromatic N) is 1. The first-order chi connectivity index (χ1) is 13.0. The summed E-state index contributed by atoms with van der Waals surface area (Å²) in [6.45, 7) is 6.06. The van der Waals surface area contributed by atoms with Gasteiger partial charge in [0, 0.05) is 29.2 Å². The molecule has 0 aliphatic rings. The van der Waals surface area contributed by atoms with Crippen molar-refractivity contribution in [3.8, 4) is 11.5 Å². The maximum atomic E-state index is 12.6.